The van der Waals surface area contributed by atoms with Gasteiger partial charge in [-0.15, -0.1) is 0 Å². The van der Waals surface area contributed by atoms with Crippen LogP contribution in [-0.4, -0.2) is 56.7 Å². The predicted octanol–water partition coefficient (Wildman–Crippen LogP) is 0.213. The summed E-state index contributed by atoms with van der Waals surface area (Å²) < 4.78 is 10.4. The Morgan fingerprint density at radius 1 is 1.26 bits per heavy atom. The second kappa shape index (κ2) is 6.87. The van der Waals surface area contributed by atoms with Crippen molar-refractivity contribution in [3.8, 4) is 11.5 Å². The van der Waals surface area contributed by atoms with Gasteiger partial charge in [0.1, 0.15) is 0 Å². The zero-order chi connectivity index (χ0) is 16.2. The molecule has 3 rings (SSSR count). The van der Waals surface area contributed by atoms with E-state index in [0.29, 0.717) is 29.5 Å². The molecule has 1 fully saturated rings. The van der Waals surface area contributed by atoms with E-state index in [1.165, 1.54) is 0 Å². The highest BCUT2D eigenvalue weighted by Gasteiger charge is 2.20. The van der Waals surface area contributed by atoms with Crippen LogP contribution >= 0.6 is 0 Å². The van der Waals surface area contributed by atoms with Gasteiger partial charge in [0, 0.05) is 18.7 Å². The normalized spacial score (nSPS) is 19.6. The molecule has 1 saturated heterocycles. The third-order valence-electron chi connectivity index (χ3n) is 4.12. The molecule has 7 heteroatoms. The average Bonchev–Trinajstić information content (AvgIpc) is 3.18. The minimum atomic E-state index is -0.306. The first-order valence-corrected chi connectivity index (χ1v) is 7.75. The van der Waals surface area contributed by atoms with Crippen LogP contribution in [0.5, 0.6) is 11.5 Å². The Balaban J connectivity index is 1.42. The second-order valence-corrected chi connectivity index (χ2v) is 5.97. The van der Waals surface area contributed by atoms with Crippen molar-refractivity contribution < 1.29 is 19.1 Å². The van der Waals surface area contributed by atoms with Gasteiger partial charge in [-0.05, 0) is 44.1 Å². The molecule has 0 radical (unpaired) electrons. The molecule has 124 valence electrons. The summed E-state index contributed by atoms with van der Waals surface area (Å²) in [7, 11) is 2.08. The molecule has 0 aromatic heterocycles. The lowest BCUT2D eigenvalue weighted by Gasteiger charge is -2.12. The van der Waals surface area contributed by atoms with Gasteiger partial charge in [0.15, 0.2) is 11.5 Å². The van der Waals surface area contributed by atoms with Gasteiger partial charge in [-0.1, -0.05) is 0 Å². The van der Waals surface area contributed by atoms with Gasteiger partial charge in [-0.3, -0.25) is 9.59 Å². The summed E-state index contributed by atoms with van der Waals surface area (Å²) in [5, 5.41) is 5.48. The van der Waals surface area contributed by atoms with Crippen LogP contribution in [0, 0.1) is 5.92 Å². The molecule has 2 N–H and O–H groups in total. The maximum Gasteiger partial charge on any atom is 0.251 e. The highest BCUT2D eigenvalue weighted by atomic mass is 16.7. The van der Waals surface area contributed by atoms with Crippen LogP contribution in [0.25, 0.3) is 0 Å². The molecule has 0 spiro atoms. The maximum atomic E-state index is 12.1. The summed E-state index contributed by atoms with van der Waals surface area (Å²) in [5.41, 5.74) is 0.444. The van der Waals surface area contributed by atoms with Gasteiger partial charge in [-0.2, -0.15) is 0 Å². The lowest BCUT2D eigenvalue weighted by Crippen LogP contribution is -2.39. The van der Waals surface area contributed by atoms with E-state index < -0.39 is 0 Å². The van der Waals surface area contributed by atoms with Crippen LogP contribution in [0.1, 0.15) is 16.8 Å². The van der Waals surface area contributed by atoms with Crippen molar-refractivity contribution >= 4 is 11.8 Å². The second-order valence-electron chi connectivity index (χ2n) is 5.97. The number of hydrogen-bond donors (Lipinski definition) is 2. The quantitative estimate of drug-likeness (QED) is 0.811. The van der Waals surface area contributed by atoms with E-state index in [1.807, 2.05) is 0 Å². The Bertz CT molecular complexity index is 605. The number of carbonyl (C=O) groups is 2. The fourth-order valence-corrected chi connectivity index (χ4v) is 2.81. The number of ether oxygens (including phenoxy) is 2. The highest BCUT2D eigenvalue weighted by molar-refractivity contribution is 5.97. The van der Waals surface area contributed by atoms with Crippen LogP contribution < -0.4 is 20.1 Å². The molecule has 1 aromatic rings. The van der Waals surface area contributed by atoms with Crippen molar-refractivity contribution in [3.05, 3.63) is 23.8 Å². The molecule has 2 aliphatic rings. The Morgan fingerprint density at radius 2 is 2.09 bits per heavy atom. The molecule has 1 atom stereocenters. The number of amides is 2. The summed E-state index contributed by atoms with van der Waals surface area (Å²) in [6, 6.07) is 4.95. The minimum absolute atomic E-state index is 0.0319. The van der Waals surface area contributed by atoms with Gasteiger partial charge in [0.25, 0.3) is 5.91 Å². The summed E-state index contributed by atoms with van der Waals surface area (Å²) in [6.45, 7) is 2.86. The third kappa shape index (κ3) is 3.92. The van der Waals surface area contributed by atoms with E-state index in [0.717, 1.165) is 19.5 Å². The van der Waals surface area contributed by atoms with Crippen LogP contribution in [0.15, 0.2) is 18.2 Å². The Morgan fingerprint density at radius 3 is 2.87 bits per heavy atom. The highest BCUT2D eigenvalue weighted by Crippen LogP contribution is 2.32. The molecule has 0 aliphatic carbocycles. The summed E-state index contributed by atoms with van der Waals surface area (Å²) in [6.07, 6.45) is 1.10. The molecule has 2 aliphatic heterocycles. The summed E-state index contributed by atoms with van der Waals surface area (Å²) >= 11 is 0. The number of benzene rings is 1. The molecule has 1 aromatic carbocycles. The van der Waals surface area contributed by atoms with Crippen LogP contribution in [0.4, 0.5) is 0 Å². The summed E-state index contributed by atoms with van der Waals surface area (Å²) in [5.74, 6) is 1.19. The van der Waals surface area contributed by atoms with Gasteiger partial charge in [0.2, 0.25) is 12.7 Å². The molecule has 0 saturated carbocycles. The average molecular weight is 319 g/mol. The minimum Gasteiger partial charge on any atom is -0.454 e. The number of hydrogen-bond acceptors (Lipinski definition) is 5. The zero-order valence-corrected chi connectivity index (χ0v) is 13.1. The largest absolute Gasteiger partial charge is 0.454 e. The van der Waals surface area contributed by atoms with Gasteiger partial charge in [0.05, 0.1) is 6.54 Å². The van der Waals surface area contributed by atoms with E-state index in [9.17, 15) is 9.59 Å². The van der Waals surface area contributed by atoms with Crippen molar-refractivity contribution in [2.45, 2.75) is 6.42 Å². The molecule has 23 heavy (non-hydrogen) atoms. The molecule has 7 nitrogen and oxygen atoms in total. The summed E-state index contributed by atoms with van der Waals surface area (Å²) in [4.78, 5) is 26.1. The number of nitrogens with one attached hydrogen (secondary N) is 2. The first-order valence-electron chi connectivity index (χ1n) is 7.75. The SMILES string of the molecule is CN1CCC(CNC(=O)CNC(=O)c2ccc3c(c2)OCO3)C1. The Kier molecular flexibility index (Phi) is 4.66. The third-order valence-corrected chi connectivity index (χ3v) is 4.12. The molecule has 2 heterocycles. The first kappa shape index (κ1) is 15.6. The molecular weight excluding hydrogens is 298 g/mol. The predicted molar refractivity (Wildman–Crippen MR) is 83.5 cm³/mol. The number of nitrogens with zero attached hydrogens (tertiary/aromatic N) is 1. The van der Waals surface area contributed by atoms with Crippen molar-refractivity contribution in [2.24, 2.45) is 5.92 Å². The fourth-order valence-electron chi connectivity index (χ4n) is 2.81. The lowest BCUT2D eigenvalue weighted by atomic mass is 10.1. The number of fused-ring (bicyclic) bond motifs is 1. The Labute approximate surface area is 134 Å². The monoisotopic (exact) mass is 319 g/mol. The molecule has 0 bridgehead atoms. The van der Waals surface area contributed by atoms with E-state index in [1.54, 1.807) is 18.2 Å². The first-order chi connectivity index (χ1) is 11.1. The van der Waals surface area contributed by atoms with Crippen molar-refractivity contribution in [2.75, 3.05) is 40.0 Å². The zero-order valence-electron chi connectivity index (χ0n) is 13.1. The van der Waals surface area contributed by atoms with Gasteiger partial charge >= 0.3 is 0 Å². The fraction of sp³-hybridized carbons (Fsp3) is 0.500. The van der Waals surface area contributed by atoms with Gasteiger partial charge in [-0.25, -0.2) is 0 Å². The number of rotatable bonds is 5. The standard InChI is InChI=1S/C16H21N3O4/c1-19-5-4-11(9-19)7-17-15(20)8-18-16(21)12-2-3-13-14(6-12)23-10-22-13/h2-3,6,11H,4-5,7-10H2,1H3,(H,17,20)(H,18,21). The Hall–Kier alpha value is -2.28. The van der Waals surface area contributed by atoms with Crippen molar-refractivity contribution in [1.82, 2.24) is 15.5 Å². The molecule has 1 unspecified atom stereocenters. The lowest BCUT2D eigenvalue weighted by molar-refractivity contribution is -0.120. The number of likely N-dealkylation sites (tertiary alicyclic amines) is 1. The molecule has 2 amide bonds. The topological polar surface area (TPSA) is 79.9 Å². The van der Waals surface area contributed by atoms with Crippen molar-refractivity contribution in [3.63, 3.8) is 0 Å². The van der Waals surface area contributed by atoms with Gasteiger partial charge < -0.3 is 25.0 Å². The van der Waals surface area contributed by atoms with E-state index in [2.05, 4.69) is 22.6 Å². The van der Waals surface area contributed by atoms with Crippen molar-refractivity contribution in [1.29, 1.82) is 0 Å². The van der Waals surface area contributed by atoms with Crippen LogP contribution in [-0.2, 0) is 4.79 Å². The van der Waals surface area contributed by atoms with E-state index in [4.69, 9.17) is 9.47 Å². The number of carbonyl (C=O) groups excluding carboxylic acids is 2. The molecular formula is C16H21N3O4. The smallest absolute Gasteiger partial charge is 0.251 e. The maximum absolute atomic E-state index is 12.1. The van der Waals surface area contributed by atoms with Crippen LogP contribution in [0.2, 0.25) is 0 Å². The van der Waals surface area contributed by atoms with E-state index in [-0.39, 0.29) is 25.2 Å². The van der Waals surface area contributed by atoms with Crippen LogP contribution in [0.3, 0.4) is 0 Å². The van der Waals surface area contributed by atoms with E-state index >= 15 is 0 Å².